The number of unbranched alkanes of at least 4 members (excludes halogenated alkanes) is 20. The van der Waals surface area contributed by atoms with Gasteiger partial charge in [0.1, 0.15) is 0 Å². The summed E-state index contributed by atoms with van der Waals surface area (Å²) in [5.41, 5.74) is 14.4. The van der Waals surface area contributed by atoms with Gasteiger partial charge in [0, 0.05) is 30.6 Å². The van der Waals surface area contributed by atoms with Crippen molar-refractivity contribution in [3.05, 3.63) is 112 Å². The van der Waals surface area contributed by atoms with Crippen LogP contribution in [0.3, 0.4) is 0 Å². The molecule has 3 nitrogen and oxygen atoms in total. The standard InChI is InChI=1S/C65H87N3S3/c1-7-11-15-19-23-27-33-50-44-54(51(43-48(50)5)34-28-24-20-16-12-8-2)58-47-59(67-64(66-58)65-68-57-37-31-32-38-61(57)71-65)55-45-53(36-30-26-22-18-14-10-4)56(46-52(55)35-29-25-21-17-13-9-3)60-41-42-63(70-60)62-40-39-49(6)69-62/h31-32,37-47H,7-30,33-36H2,1-6H3. The van der Waals surface area contributed by atoms with E-state index in [1.165, 1.54) is 223 Å². The molecule has 7 aromatic rings. The zero-order valence-corrected chi connectivity index (χ0v) is 47.3. The Labute approximate surface area is 442 Å². The lowest BCUT2D eigenvalue weighted by Crippen LogP contribution is -2.03. The Morgan fingerprint density at radius 3 is 1.34 bits per heavy atom. The monoisotopic (exact) mass is 1010 g/mol. The van der Waals surface area contributed by atoms with Crippen molar-refractivity contribution in [3.63, 3.8) is 0 Å². The lowest BCUT2D eigenvalue weighted by molar-refractivity contribution is 0.605. The van der Waals surface area contributed by atoms with Crippen molar-refractivity contribution in [2.45, 2.75) is 221 Å². The van der Waals surface area contributed by atoms with E-state index in [1.807, 2.05) is 22.7 Å². The topological polar surface area (TPSA) is 38.7 Å². The average Bonchev–Trinajstić information content (AvgIpc) is 4.17. The molecule has 0 amide bonds. The van der Waals surface area contributed by atoms with Crippen LogP contribution >= 0.6 is 34.0 Å². The van der Waals surface area contributed by atoms with Gasteiger partial charge in [-0.15, -0.1) is 34.0 Å². The van der Waals surface area contributed by atoms with Crippen LogP contribution in [0.5, 0.6) is 0 Å². The highest BCUT2D eigenvalue weighted by atomic mass is 32.1. The summed E-state index contributed by atoms with van der Waals surface area (Å²) in [6, 6.07) is 30.6. The Morgan fingerprint density at radius 2 is 0.803 bits per heavy atom. The average molecular weight is 1010 g/mol. The van der Waals surface area contributed by atoms with Crippen LogP contribution in [0.2, 0.25) is 0 Å². The molecule has 0 aliphatic rings. The molecule has 0 N–H and O–H groups in total. The second-order valence-electron chi connectivity index (χ2n) is 20.7. The van der Waals surface area contributed by atoms with E-state index in [1.54, 1.807) is 11.3 Å². The number of rotatable bonds is 33. The fraction of sp³-hybridized carbons (Fsp3) is 0.523. The number of nitrogens with zero attached hydrogens (tertiary/aromatic N) is 3. The van der Waals surface area contributed by atoms with E-state index in [2.05, 4.69) is 120 Å². The maximum atomic E-state index is 5.64. The van der Waals surface area contributed by atoms with Gasteiger partial charge in [-0.25, -0.2) is 15.0 Å². The van der Waals surface area contributed by atoms with E-state index in [4.69, 9.17) is 15.0 Å². The van der Waals surface area contributed by atoms with Gasteiger partial charge in [0.2, 0.25) is 0 Å². The van der Waals surface area contributed by atoms with E-state index in [-0.39, 0.29) is 0 Å². The lowest BCUT2D eigenvalue weighted by atomic mass is 9.88. The summed E-state index contributed by atoms with van der Waals surface area (Å²) in [7, 11) is 0. The number of hydrogen-bond donors (Lipinski definition) is 0. The third-order valence-electron chi connectivity index (χ3n) is 14.7. The third-order valence-corrected chi connectivity index (χ3v) is 18.1. The number of thiazole rings is 1. The Kier molecular flexibility index (Phi) is 22.9. The molecule has 0 aliphatic carbocycles. The molecular formula is C65H87N3S3. The first kappa shape index (κ1) is 54.8. The molecule has 4 aromatic heterocycles. The van der Waals surface area contributed by atoms with Gasteiger partial charge in [-0.1, -0.05) is 174 Å². The van der Waals surface area contributed by atoms with Crippen LogP contribution in [-0.4, -0.2) is 15.0 Å². The fourth-order valence-corrected chi connectivity index (χ4v) is 13.4. The first-order valence-corrected chi connectivity index (χ1v) is 31.0. The van der Waals surface area contributed by atoms with Gasteiger partial charge in [0.05, 0.1) is 21.6 Å². The molecule has 0 saturated heterocycles. The zero-order chi connectivity index (χ0) is 49.6. The summed E-state index contributed by atoms with van der Waals surface area (Å²) in [5.74, 6) is 0.753. The van der Waals surface area contributed by atoms with Crippen LogP contribution in [0.15, 0.2) is 78.9 Å². The molecule has 71 heavy (non-hydrogen) atoms. The Balaban J connectivity index is 1.38. The maximum Gasteiger partial charge on any atom is 0.189 e. The third kappa shape index (κ3) is 16.3. The largest absolute Gasteiger partial charge is 0.233 e. The summed E-state index contributed by atoms with van der Waals surface area (Å²) >= 11 is 5.61. The maximum absolute atomic E-state index is 5.64. The molecule has 4 heterocycles. The molecule has 6 heteroatoms. The molecule has 7 rings (SSSR count). The van der Waals surface area contributed by atoms with Crippen molar-refractivity contribution >= 4 is 44.2 Å². The Bertz CT molecular complexity index is 2630. The number of thiophene rings is 2. The Morgan fingerprint density at radius 1 is 0.366 bits per heavy atom. The number of aryl methyl sites for hydroxylation is 6. The highest BCUT2D eigenvalue weighted by molar-refractivity contribution is 7.24. The minimum atomic E-state index is 0.753. The smallest absolute Gasteiger partial charge is 0.189 e. The number of fused-ring (bicyclic) bond motifs is 1. The SMILES string of the molecule is CCCCCCCCc1cc(-c2cc(-c3cc(CCCCCCCC)c(-c4ccc(-c5ccc(C)s5)s4)cc3CCCCCCCC)nc(-c3nc4ccccc4s3)n2)c(CCCCCCCC)cc1C. The molecule has 0 atom stereocenters. The van der Waals surface area contributed by atoms with Gasteiger partial charge in [-0.3, -0.25) is 0 Å². The molecule has 0 bridgehead atoms. The summed E-state index contributed by atoms with van der Waals surface area (Å²) in [6.45, 7) is 13.8. The second-order valence-corrected chi connectivity index (χ2v) is 24.1. The van der Waals surface area contributed by atoms with Crippen LogP contribution in [-0.2, 0) is 25.7 Å². The van der Waals surface area contributed by atoms with Crippen LogP contribution < -0.4 is 0 Å². The summed E-state index contributed by atoms with van der Waals surface area (Å²) in [6.07, 6.45) is 35.3. The second kappa shape index (κ2) is 29.7. The Hall–Kier alpha value is -3.97. The predicted molar refractivity (Wildman–Crippen MR) is 316 cm³/mol. The number of hydrogen-bond acceptors (Lipinski definition) is 6. The summed E-state index contributed by atoms with van der Waals surface area (Å²) in [5, 5.41) is 0.905. The molecule has 3 aromatic carbocycles. The van der Waals surface area contributed by atoms with Gasteiger partial charge < -0.3 is 0 Å². The van der Waals surface area contributed by atoms with Crippen LogP contribution in [0, 0.1) is 13.8 Å². The van der Waals surface area contributed by atoms with Crippen molar-refractivity contribution < 1.29 is 0 Å². The highest BCUT2D eigenvalue weighted by Crippen LogP contribution is 2.43. The first-order valence-electron chi connectivity index (χ1n) is 28.6. The molecular weight excluding hydrogens is 919 g/mol. The summed E-state index contributed by atoms with van der Waals surface area (Å²) in [4.78, 5) is 22.0. The minimum absolute atomic E-state index is 0.753. The lowest BCUT2D eigenvalue weighted by Gasteiger charge is -2.19. The number of benzene rings is 3. The molecule has 0 saturated carbocycles. The van der Waals surface area contributed by atoms with Gasteiger partial charge in [0.15, 0.2) is 10.8 Å². The molecule has 0 spiro atoms. The van der Waals surface area contributed by atoms with Gasteiger partial charge in [-0.05, 0) is 159 Å². The van der Waals surface area contributed by atoms with Crippen molar-refractivity contribution in [2.75, 3.05) is 0 Å². The highest BCUT2D eigenvalue weighted by Gasteiger charge is 2.21. The van der Waals surface area contributed by atoms with E-state index in [0.717, 1.165) is 53.4 Å². The quantitative estimate of drug-likeness (QED) is 0.0385. The first-order chi connectivity index (χ1) is 34.9. The van der Waals surface area contributed by atoms with Crippen LogP contribution in [0.25, 0.3) is 63.8 Å². The fourth-order valence-electron chi connectivity index (χ4n) is 10.4. The van der Waals surface area contributed by atoms with Gasteiger partial charge >= 0.3 is 0 Å². The van der Waals surface area contributed by atoms with Gasteiger partial charge in [0.25, 0.3) is 0 Å². The molecule has 0 aliphatic heterocycles. The molecule has 0 radical (unpaired) electrons. The van der Waals surface area contributed by atoms with Crippen LogP contribution in [0.1, 0.15) is 214 Å². The van der Waals surface area contributed by atoms with Crippen LogP contribution in [0.4, 0.5) is 0 Å². The van der Waals surface area contributed by atoms with E-state index >= 15 is 0 Å². The van der Waals surface area contributed by atoms with Crippen molar-refractivity contribution in [1.29, 1.82) is 0 Å². The normalized spacial score (nSPS) is 11.7. The zero-order valence-electron chi connectivity index (χ0n) is 44.9. The number of aromatic nitrogens is 3. The van der Waals surface area contributed by atoms with Crippen molar-refractivity contribution in [1.82, 2.24) is 15.0 Å². The van der Waals surface area contributed by atoms with E-state index in [0.29, 0.717) is 0 Å². The predicted octanol–water partition coefficient (Wildman–Crippen LogP) is 21.8. The van der Waals surface area contributed by atoms with Crippen molar-refractivity contribution in [3.8, 4) is 53.5 Å². The van der Waals surface area contributed by atoms with Gasteiger partial charge in [-0.2, -0.15) is 0 Å². The molecule has 0 fully saturated rings. The number of para-hydroxylation sites is 1. The van der Waals surface area contributed by atoms with E-state index in [9.17, 15) is 0 Å². The summed E-state index contributed by atoms with van der Waals surface area (Å²) < 4.78 is 1.18. The molecule has 380 valence electrons. The van der Waals surface area contributed by atoms with Crippen molar-refractivity contribution in [2.24, 2.45) is 0 Å². The minimum Gasteiger partial charge on any atom is -0.233 e. The molecule has 0 unspecified atom stereocenters. The van der Waals surface area contributed by atoms with E-state index < -0.39 is 0 Å².